The highest BCUT2D eigenvalue weighted by molar-refractivity contribution is 6.05. The van der Waals surface area contributed by atoms with Gasteiger partial charge in [-0.1, -0.05) is 0 Å². The molecule has 0 bridgehead atoms. The molecule has 30 heavy (non-hydrogen) atoms. The average molecular weight is 411 g/mol. The molecule has 1 heterocycles. The lowest BCUT2D eigenvalue weighted by Gasteiger charge is -2.12. The van der Waals surface area contributed by atoms with Crippen LogP contribution < -0.4 is 19.5 Å². The second-order valence-corrected chi connectivity index (χ2v) is 6.63. The minimum atomic E-state index is -0.334. The van der Waals surface area contributed by atoms with Crippen molar-refractivity contribution in [2.24, 2.45) is 0 Å². The Morgan fingerprint density at radius 2 is 1.70 bits per heavy atom. The second kappa shape index (κ2) is 9.78. The quantitative estimate of drug-likeness (QED) is 0.551. The van der Waals surface area contributed by atoms with Crippen LogP contribution in [-0.2, 0) is 0 Å². The van der Waals surface area contributed by atoms with Crippen molar-refractivity contribution < 1.29 is 23.6 Å². The molecule has 0 aliphatic rings. The zero-order valence-corrected chi connectivity index (χ0v) is 17.5. The number of nitrogens with one attached hydrogen (secondary N) is 1. The molecular weight excluding hydrogens is 386 g/mol. The van der Waals surface area contributed by atoms with E-state index in [-0.39, 0.29) is 17.8 Å². The first-order chi connectivity index (χ1) is 14.5. The Hall–Kier alpha value is -3.55. The second-order valence-electron chi connectivity index (χ2n) is 6.63. The highest BCUT2D eigenvalue weighted by atomic mass is 16.6. The Labute approximate surface area is 175 Å². The lowest BCUT2D eigenvalue weighted by atomic mass is 10.1. The molecule has 3 aromatic rings. The van der Waals surface area contributed by atoms with Gasteiger partial charge in [-0.15, -0.1) is 0 Å². The highest BCUT2D eigenvalue weighted by Crippen LogP contribution is 2.34. The van der Waals surface area contributed by atoms with Crippen molar-refractivity contribution in [1.82, 2.24) is 10.3 Å². The minimum Gasteiger partial charge on any atom is -0.491 e. The van der Waals surface area contributed by atoms with Gasteiger partial charge in [-0.25, -0.2) is 4.63 Å². The Morgan fingerprint density at radius 1 is 1.00 bits per heavy atom. The molecule has 0 aliphatic carbocycles. The van der Waals surface area contributed by atoms with Crippen LogP contribution in [0.25, 0.3) is 11.3 Å². The number of benzene rings is 2. The molecule has 0 saturated carbocycles. The minimum absolute atomic E-state index is 0.0594. The maximum absolute atomic E-state index is 12.6. The molecule has 3 rings (SSSR count). The van der Waals surface area contributed by atoms with Gasteiger partial charge in [0.15, 0.2) is 17.2 Å². The van der Waals surface area contributed by atoms with E-state index in [1.54, 1.807) is 42.5 Å². The van der Waals surface area contributed by atoms with Gasteiger partial charge in [-0.05, 0) is 80.5 Å². The van der Waals surface area contributed by atoms with E-state index in [1.165, 1.54) is 0 Å². The largest absolute Gasteiger partial charge is 0.491 e. The summed E-state index contributed by atoms with van der Waals surface area (Å²) in [5, 5.41) is 10.5. The van der Waals surface area contributed by atoms with E-state index >= 15 is 0 Å². The van der Waals surface area contributed by atoms with Crippen molar-refractivity contribution >= 4 is 11.7 Å². The summed E-state index contributed by atoms with van der Waals surface area (Å²) in [6, 6.07) is 12.2. The molecule has 8 heteroatoms. The Bertz CT molecular complexity index is 983. The van der Waals surface area contributed by atoms with Crippen molar-refractivity contribution in [3.05, 3.63) is 48.0 Å². The number of amides is 1. The number of nitrogens with zero attached hydrogens (tertiary/aromatic N) is 2. The van der Waals surface area contributed by atoms with Gasteiger partial charge in [-0.2, -0.15) is 0 Å². The van der Waals surface area contributed by atoms with Crippen LogP contribution in [0, 0.1) is 0 Å². The van der Waals surface area contributed by atoms with Crippen molar-refractivity contribution in [3.63, 3.8) is 0 Å². The molecule has 0 fully saturated rings. The number of ether oxygens (including phenoxy) is 3. The molecule has 0 atom stereocenters. The summed E-state index contributed by atoms with van der Waals surface area (Å²) in [7, 11) is 0. The summed E-state index contributed by atoms with van der Waals surface area (Å²) < 4.78 is 21.7. The van der Waals surface area contributed by atoms with Gasteiger partial charge in [0.1, 0.15) is 5.75 Å². The number of rotatable bonds is 9. The summed E-state index contributed by atoms with van der Waals surface area (Å²) in [5.74, 6) is 1.79. The molecule has 0 unspecified atom stereocenters. The zero-order valence-electron chi connectivity index (χ0n) is 17.5. The maximum Gasteiger partial charge on any atom is 0.256 e. The summed E-state index contributed by atoms with van der Waals surface area (Å²) >= 11 is 0. The van der Waals surface area contributed by atoms with Crippen LogP contribution in [0.2, 0.25) is 0 Å². The highest BCUT2D eigenvalue weighted by Gasteiger charge is 2.18. The van der Waals surface area contributed by atoms with Crippen LogP contribution >= 0.6 is 0 Å². The van der Waals surface area contributed by atoms with E-state index in [0.29, 0.717) is 47.3 Å². The van der Waals surface area contributed by atoms with Gasteiger partial charge in [0.2, 0.25) is 5.82 Å². The number of hydrogen-bond donors (Lipinski definition) is 1. The molecule has 0 radical (unpaired) electrons. The zero-order chi connectivity index (χ0) is 21.5. The fourth-order valence-electron chi connectivity index (χ4n) is 2.80. The SMILES string of the molecule is CCOc1ccc(-c2nonc2NC(=O)c2ccc(OC(C)C)cc2)cc1OCC. The third kappa shape index (κ3) is 5.08. The first kappa shape index (κ1) is 21.2. The molecule has 1 aromatic heterocycles. The summed E-state index contributed by atoms with van der Waals surface area (Å²) in [6.07, 6.45) is 0.0594. The Kier molecular flexibility index (Phi) is 6.90. The van der Waals surface area contributed by atoms with Gasteiger partial charge in [0.25, 0.3) is 5.91 Å². The predicted molar refractivity (Wildman–Crippen MR) is 112 cm³/mol. The number of carbonyl (C=O) groups is 1. The van der Waals surface area contributed by atoms with Crippen LogP contribution in [0.4, 0.5) is 5.82 Å². The average Bonchev–Trinajstić information content (AvgIpc) is 3.18. The lowest BCUT2D eigenvalue weighted by molar-refractivity contribution is 0.102. The normalized spacial score (nSPS) is 10.7. The van der Waals surface area contributed by atoms with Crippen LogP contribution in [-0.4, -0.2) is 35.5 Å². The van der Waals surface area contributed by atoms with E-state index < -0.39 is 0 Å². The third-order valence-corrected chi connectivity index (χ3v) is 4.03. The summed E-state index contributed by atoms with van der Waals surface area (Å²) in [4.78, 5) is 12.6. The molecular formula is C22H25N3O5. The molecule has 0 spiro atoms. The van der Waals surface area contributed by atoms with E-state index in [0.717, 1.165) is 0 Å². The molecule has 0 saturated heterocycles. The van der Waals surface area contributed by atoms with Gasteiger partial charge in [0.05, 0.1) is 19.3 Å². The van der Waals surface area contributed by atoms with Crippen molar-refractivity contribution in [2.75, 3.05) is 18.5 Å². The van der Waals surface area contributed by atoms with E-state index in [2.05, 4.69) is 15.6 Å². The molecule has 8 nitrogen and oxygen atoms in total. The van der Waals surface area contributed by atoms with Crippen LogP contribution in [0.3, 0.4) is 0 Å². The standard InChI is InChI=1S/C22H25N3O5/c1-5-27-18-12-9-16(13-19(18)28-6-2)20-21(25-30-24-20)23-22(26)15-7-10-17(11-8-15)29-14(3)4/h7-14H,5-6H2,1-4H3,(H,23,25,26). The smallest absolute Gasteiger partial charge is 0.256 e. The Balaban J connectivity index is 1.80. The fraction of sp³-hybridized carbons (Fsp3) is 0.318. The van der Waals surface area contributed by atoms with Crippen LogP contribution in [0.1, 0.15) is 38.1 Å². The molecule has 2 aromatic carbocycles. The number of anilines is 1. The molecule has 158 valence electrons. The number of hydrogen-bond acceptors (Lipinski definition) is 7. The first-order valence-corrected chi connectivity index (χ1v) is 9.82. The van der Waals surface area contributed by atoms with Gasteiger partial charge >= 0.3 is 0 Å². The summed E-state index contributed by atoms with van der Waals surface area (Å²) in [6.45, 7) is 8.69. The van der Waals surface area contributed by atoms with E-state index in [1.807, 2.05) is 27.7 Å². The summed E-state index contributed by atoms with van der Waals surface area (Å²) in [5.41, 5.74) is 1.54. The Morgan fingerprint density at radius 3 is 2.37 bits per heavy atom. The van der Waals surface area contributed by atoms with Crippen LogP contribution in [0.5, 0.6) is 17.2 Å². The molecule has 1 N–H and O–H groups in total. The van der Waals surface area contributed by atoms with Crippen LogP contribution in [0.15, 0.2) is 47.1 Å². The van der Waals surface area contributed by atoms with Crippen molar-refractivity contribution in [3.8, 4) is 28.5 Å². The fourth-order valence-corrected chi connectivity index (χ4v) is 2.80. The first-order valence-electron chi connectivity index (χ1n) is 9.82. The van der Waals surface area contributed by atoms with Gasteiger partial charge < -0.3 is 19.5 Å². The predicted octanol–water partition coefficient (Wildman–Crippen LogP) is 4.57. The maximum atomic E-state index is 12.6. The van der Waals surface area contributed by atoms with Gasteiger partial charge in [-0.3, -0.25) is 4.79 Å². The topological polar surface area (TPSA) is 95.7 Å². The number of carbonyl (C=O) groups excluding carboxylic acids is 1. The van der Waals surface area contributed by atoms with Crippen molar-refractivity contribution in [2.45, 2.75) is 33.8 Å². The lowest BCUT2D eigenvalue weighted by Crippen LogP contribution is -2.13. The monoisotopic (exact) mass is 411 g/mol. The molecule has 1 amide bonds. The van der Waals surface area contributed by atoms with Crippen molar-refractivity contribution in [1.29, 1.82) is 0 Å². The van der Waals surface area contributed by atoms with Gasteiger partial charge in [0, 0.05) is 11.1 Å². The molecule has 0 aliphatic heterocycles. The van der Waals surface area contributed by atoms with E-state index in [9.17, 15) is 4.79 Å². The number of aromatic nitrogens is 2. The van der Waals surface area contributed by atoms with E-state index in [4.69, 9.17) is 18.8 Å². The third-order valence-electron chi connectivity index (χ3n) is 4.03.